The first-order valence-corrected chi connectivity index (χ1v) is 2.16. The van der Waals surface area contributed by atoms with Crippen LogP contribution < -0.4 is 0 Å². The van der Waals surface area contributed by atoms with Crippen LogP contribution >= 0.6 is 0 Å². The second kappa shape index (κ2) is 5.88. The molecule has 0 radical (unpaired) electrons. The van der Waals surface area contributed by atoms with E-state index in [4.69, 9.17) is 0 Å². The van der Waals surface area contributed by atoms with E-state index in [0.717, 1.165) is 0 Å². The zero-order chi connectivity index (χ0) is 6.24. The van der Waals surface area contributed by atoms with E-state index in [1.165, 1.54) is 12.6 Å². The summed E-state index contributed by atoms with van der Waals surface area (Å²) in [6.45, 7) is 4.99. The molecule has 0 aromatic heterocycles. The van der Waals surface area contributed by atoms with Crippen molar-refractivity contribution >= 4 is 13.1 Å². The van der Waals surface area contributed by atoms with E-state index >= 15 is 0 Å². The Hall–Kier alpha value is -1.12. The van der Waals surface area contributed by atoms with Crippen LogP contribution in [-0.4, -0.2) is 13.1 Å². The molecule has 0 atom stereocenters. The predicted molar refractivity (Wildman–Crippen MR) is 33.9 cm³/mol. The van der Waals surface area contributed by atoms with Crippen molar-refractivity contribution in [1.29, 1.82) is 0 Å². The fraction of sp³-hybridized carbons (Fsp3) is 0.200. The molecule has 0 unspecified atom stereocenters. The van der Waals surface area contributed by atoms with Gasteiger partial charge in [-0.25, -0.2) is 4.99 Å². The number of allylic oxidation sites excluding steroid dienone is 1. The molecule has 44 valence electrons. The fourth-order valence-corrected chi connectivity index (χ4v) is 0.157. The lowest BCUT2D eigenvalue weighted by Crippen LogP contribution is -1.66. The molecule has 0 heterocycles. The Bertz CT molecular complexity index is 107. The van der Waals surface area contributed by atoms with Gasteiger partial charge in [0.2, 0.25) is 0 Å². The molecule has 0 aromatic carbocycles. The third-order valence-electron chi connectivity index (χ3n) is 0.387. The molecule has 3 heteroatoms. The summed E-state index contributed by atoms with van der Waals surface area (Å²) in [7, 11) is 0. The first-order valence-electron chi connectivity index (χ1n) is 2.16. The first kappa shape index (κ1) is 6.88. The van der Waals surface area contributed by atoms with Gasteiger partial charge in [0, 0.05) is 0 Å². The van der Waals surface area contributed by atoms with Gasteiger partial charge in [-0.3, -0.25) is 0 Å². The van der Waals surface area contributed by atoms with E-state index in [0.29, 0.717) is 0 Å². The summed E-state index contributed by atoms with van der Waals surface area (Å²) >= 11 is 0. The Labute approximate surface area is 48.4 Å². The summed E-state index contributed by atoms with van der Waals surface area (Å²) in [6.07, 6.45) is 4.39. The number of nitrogens with zero attached hydrogens (tertiary/aromatic N) is 2. The van der Waals surface area contributed by atoms with Crippen LogP contribution in [-0.2, 0) is 4.84 Å². The fourth-order valence-electron chi connectivity index (χ4n) is 0.157. The Morgan fingerprint density at radius 1 is 1.62 bits per heavy atom. The molecule has 0 saturated carbocycles. The molecule has 0 saturated heterocycles. The molecule has 8 heavy (non-hydrogen) atoms. The molecule has 0 spiro atoms. The van der Waals surface area contributed by atoms with Crippen LogP contribution in [0.25, 0.3) is 0 Å². The number of hydrogen-bond donors (Lipinski definition) is 0. The molecule has 0 amide bonds. The van der Waals surface area contributed by atoms with Gasteiger partial charge in [0.25, 0.3) is 0 Å². The molecular weight excluding hydrogens is 104 g/mol. The number of aliphatic imine (C=N–C) groups is 1. The average Bonchev–Trinajstić information content (AvgIpc) is 1.81. The minimum Gasteiger partial charge on any atom is -0.364 e. The van der Waals surface area contributed by atoms with Crippen molar-refractivity contribution in [3.05, 3.63) is 12.3 Å². The topological polar surface area (TPSA) is 34.0 Å². The van der Waals surface area contributed by atoms with E-state index in [1.807, 2.05) is 6.92 Å². The van der Waals surface area contributed by atoms with Crippen molar-refractivity contribution in [3.8, 4) is 0 Å². The highest BCUT2D eigenvalue weighted by Gasteiger charge is 1.60. The van der Waals surface area contributed by atoms with Crippen molar-refractivity contribution in [2.75, 3.05) is 0 Å². The normalized spacial score (nSPS) is 10.6. The second-order valence-corrected chi connectivity index (χ2v) is 0.978. The van der Waals surface area contributed by atoms with Gasteiger partial charge in [-0.1, -0.05) is 5.16 Å². The molecular formula is C5H8N2O. The minimum atomic E-state index is 1.22. The van der Waals surface area contributed by atoms with Gasteiger partial charge in [-0.15, -0.1) is 0 Å². The highest BCUT2D eigenvalue weighted by molar-refractivity contribution is 5.61. The minimum absolute atomic E-state index is 1.22. The quantitative estimate of drug-likeness (QED) is 0.233. The summed E-state index contributed by atoms with van der Waals surface area (Å²) in [4.78, 5) is 7.79. The Morgan fingerprint density at radius 2 is 2.38 bits per heavy atom. The summed E-state index contributed by atoms with van der Waals surface area (Å²) in [6, 6.07) is 0. The van der Waals surface area contributed by atoms with Crippen LogP contribution in [0, 0.1) is 0 Å². The number of rotatable bonds is 3. The van der Waals surface area contributed by atoms with E-state index < -0.39 is 0 Å². The smallest absolute Gasteiger partial charge is 0.154 e. The van der Waals surface area contributed by atoms with Gasteiger partial charge < -0.3 is 4.84 Å². The largest absolute Gasteiger partial charge is 0.364 e. The maximum atomic E-state index is 4.48. The summed E-state index contributed by atoms with van der Waals surface area (Å²) in [5.74, 6) is 0. The third kappa shape index (κ3) is 4.88. The van der Waals surface area contributed by atoms with Crippen molar-refractivity contribution in [1.82, 2.24) is 0 Å². The molecule has 0 bridgehead atoms. The molecule has 3 nitrogen and oxygen atoms in total. The van der Waals surface area contributed by atoms with Crippen molar-refractivity contribution in [2.24, 2.45) is 10.1 Å². The van der Waals surface area contributed by atoms with Crippen LogP contribution in [0.3, 0.4) is 0 Å². The lowest BCUT2D eigenvalue weighted by atomic mass is 10.7. The van der Waals surface area contributed by atoms with Crippen molar-refractivity contribution in [2.45, 2.75) is 6.92 Å². The lowest BCUT2D eigenvalue weighted by molar-refractivity contribution is 0.269. The summed E-state index contributed by atoms with van der Waals surface area (Å²) in [5.41, 5.74) is 0. The van der Waals surface area contributed by atoms with Gasteiger partial charge >= 0.3 is 0 Å². The van der Waals surface area contributed by atoms with E-state index in [2.05, 4.69) is 21.7 Å². The van der Waals surface area contributed by atoms with E-state index in [9.17, 15) is 0 Å². The Morgan fingerprint density at radius 3 is 2.88 bits per heavy atom. The zero-order valence-electron chi connectivity index (χ0n) is 4.74. The maximum Gasteiger partial charge on any atom is 0.154 e. The maximum absolute atomic E-state index is 4.48. The second-order valence-electron chi connectivity index (χ2n) is 0.978. The van der Waals surface area contributed by atoms with Crippen LogP contribution in [0.4, 0.5) is 0 Å². The standard InChI is InChI=1S/C5H8N2O/c1-3-4-8-7-5-6-2/h3-5H,2H2,1H3/b4-3-,7-5-. The van der Waals surface area contributed by atoms with Gasteiger partial charge in [0.05, 0.1) is 0 Å². The van der Waals surface area contributed by atoms with Crippen LogP contribution in [0.5, 0.6) is 0 Å². The van der Waals surface area contributed by atoms with Crippen LogP contribution in [0.2, 0.25) is 0 Å². The van der Waals surface area contributed by atoms with E-state index in [-0.39, 0.29) is 0 Å². The third-order valence-corrected chi connectivity index (χ3v) is 0.387. The number of hydrogen-bond acceptors (Lipinski definition) is 2. The van der Waals surface area contributed by atoms with E-state index in [1.54, 1.807) is 6.08 Å². The van der Waals surface area contributed by atoms with Crippen LogP contribution in [0.1, 0.15) is 6.92 Å². The Balaban J connectivity index is 3.15. The first-order chi connectivity index (χ1) is 3.91. The highest BCUT2D eigenvalue weighted by Crippen LogP contribution is 1.74. The molecule has 0 aliphatic rings. The average molecular weight is 112 g/mol. The molecule has 0 fully saturated rings. The zero-order valence-corrected chi connectivity index (χ0v) is 4.74. The van der Waals surface area contributed by atoms with Crippen LogP contribution in [0.15, 0.2) is 22.5 Å². The van der Waals surface area contributed by atoms with Crippen molar-refractivity contribution < 1.29 is 4.84 Å². The molecule has 0 aliphatic carbocycles. The van der Waals surface area contributed by atoms with Gasteiger partial charge in [0.1, 0.15) is 6.26 Å². The van der Waals surface area contributed by atoms with Crippen molar-refractivity contribution in [3.63, 3.8) is 0 Å². The molecule has 0 rings (SSSR count). The summed E-state index contributed by atoms with van der Waals surface area (Å²) < 4.78 is 0. The SMILES string of the molecule is C=N/C=N\O/C=C\C. The predicted octanol–water partition coefficient (Wildman–Crippen LogP) is 1.18. The molecule has 0 N–H and O–H groups in total. The highest BCUT2D eigenvalue weighted by atomic mass is 16.6. The van der Waals surface area contributed by atoms with Gasteiger partial charge in [-0.2, -0.15) is 0 Å². The molecule has 0 aromatic rings. The molecule has 0 aliphatic heterocycles. The monoisotopic (exact) mass is 112 g/mol. The lowest BCUT2D eigenvalue weighted by Gasteiger charge is -1.80. The summed E-state index contributed by atoms with van der Waals surface area (Å²) in [5, 5.41) is 3.34. The van der Waals surface area contributed by atoms with Gasteiger partial charge in [0.15, 0.2) is 6.34 Å². The number of oxime groups is 1. The van der Waals surface area contributed by atoms with Gasteiger partial charge in [-0.05, 0) is 19.7 Å². The Kier molecular flexibility index (Phi) is 5.06.